The number of carbonyl (C=O) groups excluding carboxylic acids is 1. The summed E-state index contributed by atoms with van der Waals surface area (Å²) < 4.78 is 0. The third-order valence-electron chi connectivity index (χ3n) is 2.72. The monoisotopic (exact) mass is 183 g/mol. The summed E-state index contributed by atoms with van der Waals surface area (Å²) in [6.07, 6.45) is 4.11. The van der Waals surface area contributed by atoms with Crippen LogP contribution >= 0.6 is 0 Å². The van der Waals surface area contributed by atoms with E-state index in [2.05, 4.69) is 20.8 Å². The quantitative estimate of drug-likeness (QED) is 0.644. The zero-order chi connectivity index (χ0) is 9.90. The summed E-state index contributed by atoms with van der Waals surface area (Å²) in [5.41, 5.74) is 0.335. The van der Waals surface area contributed by atoms with Gasteiger partial charge in [-0.1, -0.05) is 20.8 Å². The molecule has 0 aromatic rings. The summed E-state index contributed by atoms with van der Waals surface area (Å²) in [5.74, 6) is 0.343. The van der Waals surface area contributed by atoms with Gasteiger partial charge in [0, 0.05) is 19.5 Å². The van der Waals surface area contributed by atoms with Crippen molar-refractivity contribution in [2.75, 3.05) is 13.1 Å². The second-order valence-corrected chi connectivity index (χ2v) is 4.83. The van der Waals surface area contributed by atoms with E-state index in [4.69, 9.17) is 0 Å². The minimum Gasteiger partial charge on any atom is -0.342 e. The van der Waals surface area contributed by atoms with Gasteiger partial charge in [-0.3, -0.25) is 4.79 Å². The molecule has 13 heavy (non-hydrogen) atoms. The first-order valence-corrected chi connectivity index (χ1v) is 5.33. The summed E-state index contributed by atoms with van der Waals surface area (Å²) in [6.45, 7) is 8.48. The van der Waals surface area contributed by atoms with Gasteiger partial charge in [0.25, 0.3) is 0 Å². The summed E-state index contributed by atoms with van der Waals surface area (Å²) in [5, 5.41) is 0. The molecule has 0 aromatic heterocycles. The number of hydrogen-bond donors (Lipinski definition) is 0. The van der Waals surface area contributed by atoms with Crippen LogP contribution in [0.25, 0.3) is 0 Å². The Hall–Kier alpha value is -0.530. The fourth-order valence-electron chi connectivity index (χ4n) is 2.01. The van der Waals surface area contributed by atoms with Gasteiger partial charge in [-0.2, -0.15) is 0 Å². The number of nitrogens with zero attached hydrogens (tertiary/aromatic N) is 1. The lowest BCUT2D eigenvalue weighted by Crippen LogP contribution is -2.43. The van der Waals surface area contributed by atoms with Gasteiger partial charge in [0.05, 0.1) is 0 Å². The van der Waals surface area contributed by atoms with Crippen LogP contribution in [0.5, 0.6) is 0 Å². The lowest BCUT2D eigenvalue weighted by atomic mass is 9.84. The van der Waals surface area contributed by atoms with Crippen LogP contribution in [0, 0.1) is 5.41 Å². The number of likely N-dealkylation sites (tertiary alicyclic amines) is 1. The fourth-order valence-corrected chi connectivity index (χ4v) is 2.01. The molecule has 0 saturated carbocycles. The molecule has 0 aliphatic carbocycles. The molecule has 0 N–H and O–H groups in total. The standard InChI is InChI=1S/C11H21NO/c1-4-6-10(13)12-8-5-7-11(2,3)9-12/h4-9H2,1-3H3. The summed E-state index contributed by atoms with van der Waals surface area (Å²) in [4.78, 5) is 13.6. The van der Waals surface area contributed by atoms with Crippen LogP contribution in [0.2, 0.25) is 0 Å². The lowest BCUT2D eigenvalue weighted by molar-refractivity contribution is -0.134. The molecular formula is C11H21NO. The zero-order valence-corrected chi connectivity index (χ0v) is 9.10. The minimum atomic E-state index is 0.335. The normalized spacial score (nSPS) is 21.6. The Morgan fingerprint density at radius 2 is 2.15 bits per heavy atom. The topological polar surface area (TPSA) is 20.3 Å². The molecule has 1 amide bonds. The van der Waals surface area contributed by atoms with E-state index in [-0.39, 0.29) is 0 Å². The molecule has 1 aliphatic rings. The summed E-state index contributed by atoms with van der Waals surface area (Å²) >= 11 is 0. The molecule has 2 heteroatoms. The molecule has 2 nitrogen and oxygen atoms in total. The molecule has 1 aliphatic heterocycles. The summed E-state index contributed by atoms with van der Waals surface area (Å²) in [6, 6.07) is 0. The van der Waals surface area contributed by atoms with Crippen LogP contribution in [-0.2, 0) is 4.79 Å². The van der Waals surface area contributed by atoms with E-state index >= 15 is 0 Å². The highest BCUT2D eigenvalue weighted by molar-refractivity contribution is 5.76. The van der Waals surface area contributed by atoms with Crippen molar-refractivity contribution in [1.82, 2.24) is 4.90 Å². The predicted octanol–water partition coefficient (Wildman–Crippen LogP) is 2.44. The molecule has 0 spiro atoms. The second kappa shape index (κ2) is 4.12. The van der Waals surface area contributed by atoms with Crippen LogP contribution in [0.15, 0.2) is 0 Å². The Labute approximate surface area is 81.3 Å². The van der Waals surface area contributed by atoms with Crippen molar-refractivity contribution in [3.05, 3.63) is 0 Å². The Kier molecular flexibility index (Phi) is 3.34. The molecule has 0 bridgehead atoms. The van der Waals surface area contributed by atoms with Crippen LogP contribution in [0.4, 0.5) is 0 Å². The van der Waals surface area contributed by atoms with Crippen molar-refractivity contribution in [2.24, 2.45) is 5.41 Å². The van der Waals surface area contributed by atoms with Crippen molar-refractivity contribution >= 4 is 5.91 Å². The molecule has 1 fully saturated rings. The van der Waals surface area contributed by atoms with Gasteiger partial charge in [-0.15, -0.1) is 0 Å². The molecule has 1 rings (SSSR count). The van der Waals surface area contributed by atoms with E-state index in [1.165, 1.54) is 12.8 Å². The third kappa shape index (κ3) is 3.02. The van der Waals surface area contributed by atoms with Crippen molar-refractivity contribution in [3.63, 3.8) is 0 Å². The van der Waals surface area contributed by atoms with E-state index in [1.807, 2.05) is 4.90 Å². The van der Waals surface area contributed by atoms with Gasteiger partial charge in [0.1, 0.15) is 0 Å². The van der Waals surface area contributed by atoms with Crippen molar-refractivity contribution < 1.29 is 4.79 Å². The van der Waals surface area contributed by atoms with Gasteiger partial charge in [-0.05, 0) is 24.7 Å². The Morgan fingerprint density at radius 3 is 2.69 bits per heavy atom. The smallest absolute Gasteiger partial charge is 0.222 e. The van der Waals surface area contributed by atoms with Gasteiger partial charge in [-0.25, -0.2) is 0 Å². The van der Waals surface area contributed by atoms with Crippen molar-refractivity contribution in [1.29, 1.82) is 0 Å². The fraction of sp³-hybridized carbons (Fsp3) is 0.909. The number of rotatable bonds is 2. The van der Waals surface area contributed by atoms with E-state index in [0.29, 0.717) is 11.3 Å². The van der Waals surface area contributed by atoms with E-state index in [1.54, 1.807) is 0 Å². The molecule has 1 saturated heterocycles. The highest BCUT2D eigenvalue weighted by atomic mass is 16.2. The van der Waals surface area contributed by atoms with Gasteiger partial charge < -0.3 is 4.90 Å². The number of piperidine rings is 1. The van der Waals surface area contributed by atoms with E-state index in [0.717, 1.165) is 25.9 Å². The van der Waals surface area contributed by atoms with E-state index < -0.39 is 0 Å². The third-order valence-corrected chi connectivity index (χ3v) is 2.72. The molecule has 76 valence electrons. The molecule has 1 heterocycles. The van der Waals surface area contributed by atoms with Crippen LogP contribution in [-0.4, -0.2) is 23.9 Å². The van der Waals surface area contributed by atoms with Crippen molar-refractivity contribution in [3.8, 4) is 0 Å². The first kappa shape index (κ1) is 10.6. The molecule has 0 atom stereocenters. The first-order valence-electron chi connectivity index (χ1n) is 5.33. The second-order valence-electron chi connectivity index (χ2n) is 4.83. The number of hydrogen-bond acceptors (Lipinski definition) is 1. The molecular weight excluding hydrogens is 162 g/mol. The predicted molar refractivity (Wildman–Crippen MR) is 54.5 cm³/mol. The highest BCUT2D eigenvalue weighted by Gasteiger charge is 2.28. The molecule has 0 aromatic carbocycles. The lowest BCUT2D eigenvalue weighted by Gasteiger charge is -2.38. The maximum atomic E-state index is 11.6. The number of carbonyl (C=O) groups is 1. The first-order chi connectivity index (χ1) is 6.05. The Bertz CT molecular complexity index is 187. The average Bonchev–Trinajstić information content (AvgIpc) is 2.03. The summed E-state index contributed by atoms with van der Waals surface area (Å²) in [7, 11) is 0. The van der Waals surface area contributed by atoms with E-state index in [9.17, 15) is 4.79 Å². The Balaban J connectivity index is 2.47. The Morgan fingerprint density at radius 1 is 1.46 bits per heavy atom. The zero-order valence-electron chi connectivity index (χ0n) is 9.10. The minimum absolute atomic E-state index is 0.335. The van der Waals surface area contributed by atoms with Gasteiger partial charge >= 0.3 is 0 Å². The van der Waals surface area contributed by atoms with Crippen molar-refractivity contribution in [2.45, 2.75) is 46.5 Å². The van der Waals surface area contributed by atoms with Crippen LogP contribution < -0.4 is 0 Å². The van der Waals surface area contributed by atoms with Gasteiger partial charge in [0.15, 0.2) is 0 Å². The van der Waals surface area contributed by atoms with Crippen LogP contribution in [0.1, 0.15) is 46.5 Å². The largest absolute Gasteiger partial charge is 0.342 e. The SMILES string of the molecule is CCCC(=O)N1CCCC(C)(C)C1. The van der Waals surface area contributed by atoms with Gasteiger partial charge in [0.2, 0.25) is 5.91 Å². The highest BCUT2D eigenvalue weighted by Crippen LogP contribution is 2.28. The maximum absolute atomic E-state index is 11.6. The molecule has 0 unspecified atom stereocenters. The maximum Gasteiger partial charge on any atom is 0.222 e. The average molecular weight is 183 g/mol. The number of amides is 1. The molecule has 0 radical (unpaired) electrons. The van der Waals surface area contributed by atoms with Crippen LogP contribution in [0.3, 0.4) is 0 Å².